The van der Waals surface area contributed by atoms with Crippen LogP contribution in [0.15, 0.2) is 182 Å². The number of halogens is 2. The molecule has 51 heavy (non-hydrogen) atoms. The lowest BCUT2D eigenvalue weighted by molar-refractivity contribution is 1.60. The molecule has 0 fully saturated rings. The molecule has 0 amide bonds. The molecule has 0 saturated heterocycles. The van der Waals surface area contributed by atoms with Crippen molar-refractivity contribution in [1.82, 2.24) is 0 Å². The molecule has 9 aromatic rings. The molecule has 0 saturated carbocycles. The Labute approximate surface area is 311 Å². The van der Waals surface area contributed by atoms with Crippen LogP contribution in [0.2, 0.25) is 10.0 Å². The molecule has 0 N–H and O–H groups in total. The first-order chi connectivity index (χ1) is 25.1. The predicted molar refractivity (Wildman–Crippen MR) is 222 cm³/mol. The van der Waals surface area contributed by atoms with Crippen molar-refractivity contribution in [1.29, 1.82) is 0 Å². The zero-order chi connectivity index (χ0) is 34.3. The maximum absolute atomic E-state index is 6.58. The van der Waals surface area contributed by atoms with E-state index in [-0.39, 0.29) is 0 Å². The molecule has 0 aliphatic rings. The summed E-state index contributed by atoms with van der Waals surface area (Å²) in [6.07, 6.45) is 0. The van der Waals surface area contributed by atoms with E-state index in [1.165, 1.54) is 65.4 Å². The first kappa shape index (κ1) is 31.5. The molecule has 9 rings (SSSR count). The Kier molecular flexibility index (Phi) is 8.26. The summed E-state index contributed by atoms with van der Waals surface area (Å²) in [5.41, 5.74) is 12.0. The lowest BCUT2D eigenvalue weighted by Gasteiger charge is -2.12. The van der Waals surface area contributed by atoms with Gasteiger partial charge in [-0.2, -0.15) is 0 Å². The summed E-state index contributed by atoms with van der Waals surface area (Å²) < 4.78 is 0. The van der Waals surface area contributed by atoms with Gasteiger partial charge in [-0.25, -0.2) is 0 Å². The van der Waals surface area contributed by atoms with Crippen molar-refractivity contribution in [2.24, 2.45) is 0 Å². The summed E-state index contributed by atoms with van der Waals surface area (Å²) in [4.78, 5) is 2.49. The highest BCUT2D eigenvalue weighted by molar-refractivity contribution is 7.20. The summed E-state index contributed by atoms with van der Waals surface area (Å²) in [5.74, 6) is 0. The number of rotatable bonds is 6. The second kappa shape index (κ2) is 13.4. The van der Waals surface area contributed by atoms with Gasteiger partial charge in [-0.1, -0.05) is 193 Å². The Morgan fingerprint density at radius 2 is 0.608 bits per heavy atom. The summed E-state index contributed by atoms with van der Waals surface area (Å²) in [7, 11) is 0. The molecule has 3 heteroatoms. The third-order valence-electron chi connectivity index (χ3n) is 9.69. The second-order valence-corrected chi connectivity index (χ2v) is 14.5. The van der Waals surface area contributed by atoms with E-state index in [0.717, 1.165) is 31.6 Å². The number of benzene rings is 8. The van der Waals surface area contributed by atoms with Crippen LogP contribution in [-0.2, 0) is 0 Å². The molecule has 0 nitrogen and oxygen atoms in total. The zero-order valence-corrected chi connectivity index (χ0v) is 29.8. The summed E-state index contributed by atoms with van der Waals surface area (Å²) in [6.45, 7) is 0. The smallest absolute Gasteiger partial charge is 0.0484 e. The van der Waals surface area contributed by atoms with Crippen LogP contribution in [0.1, 0.15) is 0 Å². The fraction of sp³-hybridized carbons (Fsp3) is 0. The maximum Gasteiger partial charge on any atom is 0.0484 e. The predicted octanol–water partition coefficient (Wildman–Crippen LogP) is 15.4. The molecular weight excluding hydrogens is 680 g/mol. The highest BCUT2D eigenvalue weighted by atomic mass is 35.5. The van der Waals surface area contributed by atoms with Crippen molar-refractivity contribution in [3.8, 4) is 65.4 Å². The maximum atomic E-state index is 6.58. The number of fused-ring (bicyclic) bond motifs is 2. The van der Waals surface area contributed by atoms with Gasteiger partial charge in [0, 0.05) is 41.7 Å². The topological polar surface area (TPSA) is 0 Å². The minimum absolute atomic E-state index is 0.771. The van der Waals surface area contributed by atoms with Crippen molar-refractivity contribution in [2.45, 2.75) is 0 Å². The van der Waals surface area contributed by atoms with Crippen LogP contribution in [-0.4, -0.2) is 0 Å². The zero-order valence-electron chi connectivity index (χ0n) is 27.5. The van der Waals surface area contributed by atoms with Gasteiger partial charge in [-0.15, -0.1) is 11.3 Å². The third kappa shape index (κ3) is 5.74. The molecule has 0 aliphatic heterocycles. The quantitative estimate of drug-likeness (QED) is 0.161. The standard InChI is InChI=1S/C48H30Cl2S/c49-43-29-27-37(39-15-7-9-17-41(39)43)31-19-23-35(24-20-31)47-45(33-11-3-1-4-12-33)46(34-13-5-2-6-14-34)48(51-47)36-25-21-32(22-26-36)38-28-30-44(50)42-18-10-8-16-40(38)42/h1-30H. The highest BCUT2D eigenvalue weighted by Gasteiger charge is 2.23. The Morgan fingerprint density at radius 3 is 1.00 bits per heavy atom. The fourth-order valence-corrected chi connectivity index (χ4v) is 9.04. The van der Waals surface area contributed by atoms with Crippen LogP contribution in [0, 0.1) is 0 Å². The van der Waals surface area contributed by atoms with Gasteiger partial charge in [0.05, 0.1) is 0 Å². The van der Waals surface area contributed by atoms with Crippen LogP contribution in [0.3, 0.4) is 0 Å². The minimum atomic E-state index is 0.771. The summed E-state index contributed by atoms with van der Waals surface area (Å²) >= 11 is 15.0. The van der Waals surface area contributed by atoms with Crippen molar-refractivity contribution in [3.63, 3.8) is 0 Å². The molecule has 0 aliphatic carbocycles. The van der Waals surface area contributed by atoms with Gasteiger partial charge >= 0.3 is 0 Å². The molecule has 0 atom stereocenters. The van der Waals surface area contributed by atoms with E-state index in [0.29, 0.717) is 0 Å². The van der Waals surface area contributed by atoms with E-state index in [1.807, 2.05) is 35.6 Å². The average Bonchev–Trinajstić information content (AvgIpc) is 3.60. The highest BCUT2D eigenvalue weighted by Crippen LogP contribution is 2.52. The number of thiophene rings is 1. The van der Waals surface area contributed by atoms with Gasteiger partial charge in [0.15, 0.2) is 0 Å². The van der Waals surface area contributed by atoms with Crippen LogP contribution in [0.25, 0.3) is 86.9 Å². The van der Waals surface area contributed by atoms with Crippen molar-refractivity contribution in [2.75, 3.05) is 0 Å². The van der Waals surface area contributed by atoms with Crippen LogP contribution in [0.5, 0.6) is 0 Å². The first-order valence-electron chi connectivity index (χ1n) is 17.0. The fourth-order valence-electron chi connectivity index (χ4n) is 7.23. The van der Waals surface area contributed by atoms with E-state index in [4.69, 9.17) is 23.2 Å². The van der Waals surface area contributed by atoms with Gasteiger partial charge in [0.25, 0.3) is 0 Å². The van der Waals surface area contributed by atoms with Gasteiger partial charge in [-0.3, -0.25) is 0 Å². The molecule has 0 bridgehead atoms. The Hall–Kier alpha value is -5.44. The van der Waals surface area contributed by atoms with Crippen LogP contribution in [0.4, 0.5) is 0 Å². The lowest BCUT2D eigenvalue weighted by atomic mass is 9.90. The average molecular weight is 710 g/mol. The van der Waals surface area contributed by atoms with Gasteiger partial charge < -0.3 is 0 Å². The van der Waals surface area contributed by atoms with E-state index < -0.39 is 0 Å². The molecular formula is C48H30Cl2S. The van der Waals surface area contributed by atoms with Crippen molar-refractivity contribution >= 4 is 56.1 Å². The summed E-state index contributed by atoms with van der Waals surface area (Å²) in [6, 6.07) is 64.6. The molecule has 0 radical (unpaired) electrons. The molecule has 0 unspecified atom stereocenters. The molecule has 0 spiro atoms. The molecule has 8 aromatic carbocycles. The van der Waals surface area contributed by atoms with Gasteiger partial charge in [0.2, 0.25) is 0 Å². The lowest BCUT2D eigenvalue weighted by Crippen LogP contribution is -1.87. The Morgan fingerprint density at radius 1 is 0.275 bits per heavy atom. The largest absolute Gasteiger partial charge is 0.134 e. The minimum Gasteiger partial charge on any atom is -0.134 e. The monoisotopic (exact) mass is 708 g/mol. The Bertz CT molecular complexity index is 2490. The first-order valence-corrected chi connectivity index (χ1v) is 18.5. The number of hydrogen-bond acceptors (Lipinski definition) is 1. The van der Waals surface area contributed by atoms with E-state index >= 15 is 0 Å². The SMILES string of the molecule is Clc1ccc(-c2ccc(-c3sc(-c4ccc(-c5ccc(Cl)c6ccccc56)cc4)c(-c4ccccc4)c3-c3ccccc3)cc2)c2ccccc12. The molecule has 1 heterocycles. The van der Waals surface area contributed by atoms with E-state index in [9.17, 15) is 0 Å². The molecule has 1 aromatic heterocycles. The van der Waals surface area contributed by atoms with E-state index in [1.54, 1.807) is 0 Å². The molecule has 242 valence electrons. The van der Waals surface area contributed by atoms with Crippen molar-refractivity contribution < 1.29 is 0 Å². The van der Waals surface area contributed by atoms with Crippen LogP contribution >= 0.6 is 34.5 Å². The third-order valence-corrected chi connectivity index (χ3v) is 11.6. The number of hydrogen-bond donors (Lipinski definition) is 0. The van der Waals surface area contributed by atoms with Gasteiger partial charge in [0.1, 0.15) is 0 Å². The van der Waals surface area contributed by atoms with Crippen molar-refractivity contribution in [3.05, 3.63) is 192 Å². The Balaban J connectivity index is 1.21. The van der Waals surface area contributed by atoms with Crippen LogP contribution < -0.4 is 0 Å². The normalized spacial score (nSPS) is 11.3. The van der Waals surface area contributed by atoms with E-state index in [2.05, 4.69) is 158 Å². The van der Waals surface area contributed by atoms with Gasteiger partial charge in [-0.05, 0) is 67.4 Å². The second-order valence-electron chi connectivity index (χ2n) is 12.7. The summed E-state index contributed by atoms with van der Waals surface area (Å²) in [5, 5.41) is 5.99.